The third-order valence-electron chi connectivity index (χ3n) is 8.72. The summed E-state index contributed by atoms with van der Waals surface area (Å²) >= 11 is 0. The van der Waals surface area contributed by atoms with Crippen molar-refractivity contribution in [1.29, 1.82) is 0 Å². The van der Waals surface area contributed by atoms with Crippen LogP contribution >= 0.6 is 0 Å². The molecule has 7 rings (SSSR count). The van der Waals surface area contributed by atoms with Crippen LogP contribution in [-0.4, -0.2) is 19.6 Å². The van der Waals surface area contributed by atoms with Gasteiger partial charge in [-0.1, -0.05) is 102 Å². The number of benzene rings is 4. The van der Waals surface area contributed by atoms with Gasteiger partial charge in [0.15, 0.2) is 0 Å². The molecule has 4 aromatic carbocycles. The summed E-state index contributed by atoms with van der Waals surface area (Å²) < 4.78 is 2.13. The number of aromatic hydroxyl groups is 1. The minimum absolute atomic E-state index is 0. The Morgan fingerprint density at radius 2 is 1.44 bits per heavy atom. The molecular formula is C42H39N4OPt-. The Balaban J connectivity index is 0.00000401. The van der Waals surface area contributed by atoms with Crippen LogP contribution in [0.4, 0.5) is 17.2 Å². The van der Waals surface area contributed by atoms with Gasteiger partial charge in [0, 0.05) is 49.3 Å². The monoisotopic (exact) mass is 810 g/mol. The van der Waals surface area contributed by atoms with E-state index in [1.54, 1.807) is 6.20 Å². The predicted molar refractivity (Wildman–Crippen MR) is 194 cm³/mol. The molecule has 0 saturated heterocycles. The molecule has 0 aliphatic carbocycles. The first-order chi connectivity index (χ1) is 22.5. The van der Waals surface area contributed by atoms with Gasteiger partial charge >= 0.3 is 0 Å². The van der Waals surface area contributed by atoms with Crippen molar-refractivity contribution < 1.29 is 26.2 Å². The van der Waals surface area contributed by atoms with Gasteiger partial charge in [-0.05, 0) is 64.2 Å². The molecule has 5 nitrogen and oxygen atoms in total. The van der Waals surface area contributed by atoms with Crippen molar-refractivity contribution in [2.24, 2.45) is 0 Å². The molecule has 0 unspecified atom stereocenters. The third kappa shape index (κ3) is 6.04. The minimum atomic E-state index is -0.259. The molecule has 0 amide bonds. The summed E-state index contributed by atoms with van der Waals surface area (Å²) in [6.07, 6.45) is 1.80. The molecule has 6 heteroatoms. The van der Waals surface area contributed by atoms with Crippen molar-refractivity contribution in [3.05, 3.63) is 139 Å². The van der Waals surface area contributed by atoms with E-state index in [2.05, 4.69) is 117 Å². The Bertz CT molecular complexity index is 2190. The number of phenols is 1. The van der Waals surface area contributed by atoms with Crippen molar-refractivity contribution in [2.45, 2.75) is 52.4 Å². The van der Waals surface area contributed by atoms with Gasteiger partial charge in [-0.2, -0.15) is 0 Å². The maximum atomic E-state index is 11.9. The fraction of sp³-hybridized carbons (Fsp3) is 0.190. The first-order valence-corrected chi connectivity index (χ1v) is 16.1. The zero-order valence-electron chi connectivity index (χ0n) is 28.1. The summed E-state index contributed by atoms with van der Waals surface area (Å²) in [6, 6.07) is 42.7. The van der Waals surface area contributed by atoms with E-state index in [1.807, 2.05) is 60.7 Å². The van der Waals surface area contributed by atoms with Crippen LogP contribution in [0.3, 0.4) is 0 Å². The Morgan fingerprint density at radius 1 is 0.708 bits per heavy atom. The van der Waals surface area contributed by atoms with Crippen LogP contribution in [0.2, 0.25) is 0 Å². The largest absolute Gasteiger partial charge is 0.505 e. The molecule has 48 heavy (non-hydrogen) atoms. The molecule has 0 spiro atoms. The van der Waals surface area contributed by atoms with E-state index in [1.165, 1.54) is 0 Å². The van der Waals surface area contributed by atoms with E-state index in [4.69, 9.17) is 4.98 Å². The molecule has 0 aliphatic heterocycles. The molecule has 244 valence electrons. The predicted octanol–water partition coefficient (Wildman–Crippen LogP) is 10.8. The average molecular weight is 811 g/mol. The number of aromatic nitrogens is 3. The van der Waals surface area contributed by atoms with Crippen LogP contribution in [0.5, 0.6) is 5.75 Å². The smallest absolute Gasteiger partial charge is 0.143 e. The van der Waals surface area contributed by atoms with E-state index in [9.17, 15) is 5.11 Å². The van der Waals surface area contributed by atoms with Gasteiger partial charge in [-0.15, -0.1) is 29.8 Å². The van der Waals surface area contributed by atoms with Gasteiger partial charge in [0.25, 0.3) is 0 Å². The standard InChI is InChI=1S/C42H39N4O.Pt/c1-41(2,3)29-26-34(42(4,5)6)39(47)37(27-29)46-36-20-11-10-19-32(36)33-22-23-35(44-40(33)46)28-15-14-18-31(25-28)45(30-16-8-7-9-17-30)38-21-12-13-24-43-38;/h7-24,26-27,47H,1-6H3;/q-1;. The molecule has 7 aromatic rings. The molecule has 3 heterocycles. The fourth-order valence-corrected chi connectivity index (χ4v) is 6.22. The van der Waals surface area contributed by atoms with Gasteiger partial charge in [0.1, 0.15) is 17.2 Å². The molecule has 0 aliphatic rings. The molecule has 0 radical (unpaired) electrons. The van der Waals surface area contributed by atoms with Crippen LogP contribution in [0.25, 0.3) is 38.9 Å². The number of rotatable bonds is 5. The number of pyridine rings is 2. The van der Waals surface area contributed by atoms with E-state index in [0.29, 0.717) is 0 Å². The number of para-hydroxylation sites is 2. The van der Waals surface area contributed by atoms with Crippen LogP contribution in [-0.2, 0) is 31.9 Å². The second kappa shape index (κ2) is 12.7. The van der Waals surface area contributed by atoms with Crippen molar-refractivity contribution in [3.8, 4) is 22.7 Å². The molecule has 3 aromatic heterocycles. The van der Waals surface area contributed by atoms with Crippen LogP contribution < -0.4 is 4.90 Å². The minimum Gasteiger partial charge on any atom is -0.505 e. The topological polar surface area (TPSA) is 54.2 Å². The molecule has 1 N–H and O–H groups in total. The van der Waals surface area contributed by atoms with E-state index in [0.717, 1.165) is 67.2 Å². The maximum Gasteiger partial charge on any atom is 0.143 e. The second-order valence-corrected chi connectivity index (χ2v) is 14.1. The molecule has 0 atom stereocenters. The molecular weight excluding hydrogens is 772 g/mol. The summed E-state index contributed by atoms with van der Waals surface area (Å²) in [6.45, 7) is 13.1. The Labute approximate surface area is 297 Å². The van der Waals surface area contributed by atoms with Gasteiger partial charge < -0.3 is 10.0 Å². The van der Waals surface area contributed by atoms with E-state index >= 15 is 0 Å². The van der Waals surface area contributed by atoms with Gasteiger partial charge in [0.2, 0.25) is 0 Å². The quantitative estimate of drug-likeness (QED) is 0.176. The number of anilines is 3. The first kappa shape index (κ1) is 33.2. The molecule has 0 bridgehead atoms. The van der Waals surface area contributed by atoms with Crippen molar-refractivity contribution in [2.75, 3.05) is 4.90 Å². The summed E-state index contributed by atoms with van der Waals surface area (Å²) in [4.78, 5) is 12.1. The summed E-state index contributed by atoms with van der Waals surface area (Å²) in [7, 11) is 0. The van der Waals surface area contributed by atoms with Gasteiger partial charge in [0.05, 0.1) is 11.2 Å². The summed E-state index contributed by atoms with van der Waals surface area (Å²) in [5.74, 6) is 1.09. The van der Waals surface area contributed by atoms with Gasteiger partial charge in [-0.3, -0.25) is 9.55 Å². The Hall–Kier alpha value is -4.73. The van der Waals surface area contributed by atoms with Crippen molar-refractivity contribution in [3.63, 3.8) is 0 Å². The molecule has 0 fully saturated rings. The van der Waals surface area contributed by atoms with E-state index < -0.39 is 0 Å². The van der Waals surface area contributed by atoms with Crippen molar-refractivity contribution in [1.82, 2.24) is 14.5 Å². The zero-order valence-corrected chi connectivity index (χ0v) is 30.4. The number of fused-ring (bicyclic) bond motifs is 3. The maximum absolute atomic E-state index is 11.9. The zero-order chi connectivity index (χ0) is 32.9. The average Bonchev–Trinajstić information content (AvgIpc) is 3.38. The normalized spacial score (nSPS) is 11.9. The third-order valence-corrected chi connectivity index (χ3v) is 8.72. The van der Waals surface area contributed by atoms with Crippen LogP contribution in [0, 0.1) is 6.07 Å². The molecule has 0 saturated carbocycles. The number of hydrogen-bond donors (Lipinski definition) is 1. The van der Waals surface area contributed by atoms with Crippen molar-refractivity contribution >= 4 is 39.1 Å². The number of hydrogen-bond acceptors (Lipinski definition) is 4. The summed E-state index contributed by atoms with van der Waals surface area (Å²) in [5, 5.41) is 14.1. The Morgan fingerprint density at radius 3 is 2.15 bits per heavy atom. The number of phenolic OH excluding ortho intramolecular Hbond substituents is 1. The Kier molecular flexibility index (Phi) is 8.78. The first-order valence-electron chi connectivity index (χ1n) is 16.1. The number of nitrogens with zero attached hydrogens (tertiary/aromatic N) is 4. The fourth-order valence-electron chi connectivity index (χ4n) is 6.22. The van der Waals surface area contributed by atoms with Crippen LogP contribution in [0.15, 0.2) is 121 Å². The van der Waals surface area contributed by atoms with Gasteiger partial charge in [-0.25, -0.2) is 4.98 Å². The summed E-state index contributed by atoms with van der Waals surface area (Å²) in [5.41, 5.74) is 7.73. The second-order valence-electron chi connectivity index (χ2n) is 14.1. The van der Waals surface area contributed by atoms with Crippen LogP contribution in [0.1, 0.15) is 52.7 Å². The van der Waals surface area contributed by atoms with E-state index in [-0.39, 0.29) is 37.6 Å². The SMILES string of the molecule is CC(C)(C)c1cc(-n2c3ccccc3c3ccc(-c4[c-]c(N(c5ccccc5)c5ccccn5)ccc4)nc32)c(O)c(C(C)(C)C)c1.[Pt].